The lowest BCUT2D eigenvalue weighted by Crippen LogP contribution is -2.15. The van der Waals surface area contributed by atoms with Crippen molar-refractivity contribution in [1.29, 1.82) is 0 Å². The molecule has 0 atom stereocenters. The van der Waals surface area contributed by atoms with Crippen LogP contribution in [0.1, 0.15) is 89.2 Å². The van der Waals surface area contributed by atoms with Gasteiger partial charge in [-0.1, -0.05) is 60.6 Å². The summed E-state index contributed by atoms with van der Waals surface area (Å²) < 4.78 is 19.2. The zero-order valence-electron chi connectivity index (χ0n) is 18.8. The number of hydrogen-bond acceptors (Lipinski definition) is 2. The fourth-order valence-corrected chi connectivity index (χ4v) is 3.67. The summed E-state index contributed by atoms with van der Waals surface area (Å²) in [7, 11) is 1.73. The van der Waals surface area contributed by atoms with E-state index in [9.17, 15) is 4.39 Å². The Morgan fingerprint density at radius 1 is 0.929 bits per heavy atom. The molecule has 0 amide bonds. The van der Waals surface area contributed by atoms with Crippen LogP contribution in [0.4, 0.5) is 4.39 Å². The summed E-state index contributed by atoms with van der Waals surface area (Å²) in [6, 6.07) is 6.87. The van der Waals surface area contributed by atoms with Crippen molar-refractivity contribution in [2.45, 2.75) is 79.8 Å². The summed E-state index contributed by atoms with van der Waals surface area (Å²) in [4.78, 5) is 5.14. The van der Waals surface area contributed by atoms with Crippen molar-refractivity contribution in [2.75, 3.05) is 7.11 Å². The number of hydrogen-bond donors (Lipinski definition) is 0. The SMILES string of the molecule is COCc1c(C(C)C)nc(C(C)C)c(CCC(C)(C)C)c1-c1ccc(F)cc1. The van der Waals surface area contributed by atoms with Crippen LogP contribution < -0.4 is 0 Å². The van der Waals surface area contributed by atoms with Gasteiger partial charge >= 0.3 is 0 Å². The van der Waals surface area contributed by atoms with Crippen LogP contribution in [0, 0.1) is 11.2 Å². The highest BCUT2D eigenvalue weighted by molar-refractivity contribution is 5.73. The minimum atomic E-state index is -0.212. The van der Waals surface area contributed by atoms with Crippen LogP contribution in [0.25, 0.3) is 11.1 Å². The van der Waals surface area contributed by atoms with Crippen LogP contribution in [-0.4, -0.2) is 12.1 Å². The molecule has 0 fully saturated rings. The molecule has 3 heteroatoms. The number of ether oxygens (including phenoxy) is 1. The second-order valence-electron chi connectivity index (χ2n) is 9.52. The first-order valence-corrected chi connectivity index (χ1v) is 10.4. The van der Waals surface area contributed by atoms with Gasteiger partial charge in [0.1, 0.15) is 5.82 Å². The first-order valence-electron chi connectivity index (χ1n) is 10.4. The number of halogens is 1. The maximum absolute atomic E-state index is 13.6. The van der Waals surface area contributed by atoms with Crippen molar-refractivity contribution in [1.82, 2.24) is 4.98 Å². The summed E-state index contributed by atoms with van der Waals surface area (Å²) in [6.45, 7) is 16.1. The van der Waals surface area contributed by atoms with E-state index in [1.807, 2.05) is 12.1 Å². The molecule has 2 rings (SSSR count). The Labute approximate surface area is 170 Å². The molecule has 1 heterocycles. The molecule has 154 valence electrons. The molecule has 0 aliphatic rings. The quantitative estimate of drug-likeness (QED) is 0.500. The van der Waals surface area contributed by atoms with Gasteiger partial charge in [-0.3, -0.25) is 4.98 Å². The molecule has 1 aromatic heterocycles. The lowest BCUT2D eigenvalue weighted by molar-refractivity contribution is 0.183. The summed E-state index contributed by atoms with van der Waals surface area (Å²) in [5, 5.41) is 0. The molecule has 0 aliphatic heterocycles. The highest BCUT2D eigenvalue weighted by Crippen LogP contribution is 2.38. The summed E-state index contributed by atoms with van der Waals surface area (Å²) >= 11 is 0. The van der Waals surface area contributed by atoms with Gasteiger partial charge in [0.05, 0.1) is 6.61 Å². The van der Waals surface area contributed by atoms with Crippen molar-refractivity contribution in [3.05, 3.63) is 52.6 Å². The number of methoxy groups -OCH3 is 1. The lowest BCUT2D eigenvalue weighted by atomic mass is 9.82. The van der Waals surface area contributed by atoms with Crippen molar-refractivity contribution < 1.29 is 9.13 Å². The summed E-state index contributed by atoms with van der Waals surface area (Å²) in [5.74, 6) is 0.400. The van der Waals surface area contributed by atoms with Gasteiger partial charge in [0.25, 0.3) is 0 Å². The van der Waals surface area contributed by atoms with Gasteiger partial charge in [-0.05, 0) is 58.9 Å². The normalized spacial score (nSPS) is 12.2. The number of benzene rings is 1. The van der Waals surface area contributed by atoms with E-state index in [1.54, 1.807) is 19.2 Å². The third kappa shape index (κ3) is 5.41. The molecular weight excluding hydrogens is 349 g/mol. The Balaban J connectivity index is 2.84. The average Bonchev–Trinajstić information content (AvgIpc) is 2.59. The van der Waals surface area contributed by atoms with Crippen LogP contribution in [0.3, 0.4) is 0 Å². The van der Waals surface area contributed by atoms with E-state index in [2.05, 4.69) is 48.5 Å². The Bertz CT molecular complexity index is 786. The molecule has 0 unspecified atom stereocenters. The predicted octanol–water partition coefficient (Wildman–Crippen LogP) is 7.26. The Morgan fingerprint density at radius 2 is 1.46 bits per heavy atom. The van der Waals surface area contributed by atoms with Crippen LogP contribution in [0.15, 0.2) is 24.3 Å². The fraction of sp³-hybridized carbons (Fsp3) is 0.560. The second-order valence-corrected chi connectivity index (χ2v) is 9.52. The topological polar surface area (TPSA) is 22.1 Å². The Hall–Kier alpha value is -1.74. The zero-order valence-corrected chi connectivity index (χ0v) is 18.8. The Morgan fingerprint density at radius 3 is 1.93 bits per heavy atom. The second kappa shape index (κ2) is 9.17. The zero-order chi connectivity index (χ0) is 21.1. The summed E-state index contributed by atoms with van der Waals surface area (Å²) in [5.41, 5.74) is 7.13. The molecule has 28 heavy (non-hydrogen) atoms. The summed E-state index contributed by atoms with van der Waals surface area (Å²) in [6.07, 6.45) is 2.02. The highest BCUT2D eigenvalue weighted by Gasteiger charge is 2.24. The molecule has 0 saturated carbocycles. The van der Waals surface area contributed by atoms with Crippen LogP contribution in [0.5, 0.6) is 0 Å². The third-order valence-electron chi connectivity index (χ3n) is 5.10. The van der Waals surface area contributed by atoms with E-state index in [0.29, 0.717) is 18.4 Å². The van der Waals surface area contributed by atoms with Gasteiger partial charge < -0.3 is 4.74 Å². The number of nitrogens with zero attached hydrogens (tertiary/aromatic N) is 1. The van der Waals surface area contributed by atoms with Gasteiger partial charge in [0, 0.05) is 24.1 Å². The van der Waals surface area contributed by atoms with E-state index in [4.69, 9.17) is 9.72 Å². The van der Waals surface area contributed by atoms with Gasteiger partial charge in [-0.2, -0.15) is 0 Å². The maximum atomic E-state index is 13.6. The third-order valence-corrected chi connectivity index (χ3v) is 5.10. The van der Waals surface area contributed by atoms with Gasteiger partial charge in [-0.25, -0.2) is 4.39 Å². The van der Waals surface area contributed by atoms with E-state index < -0.39 is 0 Å². The molecule has 0 aliphatic carbocycles. The fourth-order valence-electron chi connectivity index (χ4n) is 3.67. The minimum absolute atomic E-state index is 0.212. The molecule has 2 nitrogen and oxygen atoms in total. The van der Waals surface area contributed by atoms with Crippen molar-refractivity contribution in [3.8, 4) is 11.1 Å². The number of aromatic nitrogens is 1. The average molecular weight is 386 g/mol. The van der Waals surface area contributed by atoms with Gasteiger partial charge in [0.15, 0.2) is 0 Å². The smallest absolute Gasteiger partial charge is 0.123 e. The number of rotatable bonds is 7. The van der Waals surface area contributed by atoms with Crippen molar-refractivity contribution in [3.63, 3.8) is 0 Å². The number of pyridine rings is 1. The first kappa shape index (κ1) is 22.5. The molecule has 0 bridgehead atoms. The van der Waals surface area contributed by atoms with Crippen LogP contribution >= 0.6 is 0 Å². The van der Waals surface area contributed by atoms with Crippen LogP contribution in [-0.2, 0) is 17.8 Å². The standard InChI is InChI=1S/C25H36FNO/c1-16(2)23-20(13-14-25(5,6)7)22(18-9-11-19(26)12-10-18)21(15-28-8)24(27-23)17(3)4/h9-12,16-17H,13-15H2,1-8H3. The molecule has 2 aromatic rings. The van der Waals surface area contributed by atoms with E-state index in [0.717, 1.165) is 35.4 Å². The molecule has 0 saturated heterocycles. The maximum Gasteiger partial charge on any atom is 0.123 e. The van der Waals surface area contributed by atoms with Crippen molar-refractivity contribution >= 4 is 0 Å². The first-order chi connectivity index (χ1) is 13.0. The Kier molecular flexibility index (Phi) is 7.39. The van der Waals surface area contributed by atoms with Crippen molar-refractivity contribution in [2.24, 2.45) is 5.41 Å². The van der Waals surface area contributed by atoms with E-state index in [-0.39, 0.29) is 11.2 Å². The van der Waals surface area contributed by atoms with E-state index >= 15 is 0 Å². The molecule has 1 aromatic carbocycles. The monoisotopic (exact) mass is 385 g/mol. The van der Waals surface area contributed by atoms with E-state index in [1.165, 1.54) is 11.1 Å². The molecule has 0 spiro atoms. The molecule has 0 radical (unpaired) electrons. The minimum Gasteiger partial charge on any atom is -0.380 e. The molecular formula is C25H36FNO. The largest absolute Gasteiger partial charge is 0.380 e. The predicted molar refractivity (Wildman–Crippen MR) is 116 cm³/mol. The highest BCUT2D eigenvalue weighted by atomic mass is 19.1. The van der Waals surface area contributed by atoms with Crippen LogP contribution in [0.2, 0.25) is 0 Å². The van der Waals surface area contributed by atoms with Gasteiger partial charge in [-0.15, -0.1) is 0 Å². The molecule has 0 N–H and O–H groups in total. The van der Waals surface area contributed by atoms with Gasteiger partial charge in [0.2, 0.25) is 0 Å². The lowest BCUT2D eigenvalue weighted by Gasteiger charge is -2.26.